The predicted molar refractivity (Wildman–Crippen MR) is 97.5 cm³/mol. The molecule has 0 saturated carbocycles. The zero-order chi connectivity index (χ0) is 17.8. The third-order valence-electron chi connectivity index (χ3n) is 4.07. The minimum atomic E-state index is -0.137. The maximum Gasteiger partial charge on any atom is 0.254 e. The summed E-state index contributed by atoms with van der Waals surface area (Å²) < 4.78 is 6.49. The molecular weight excluding hydrogens is 316 g/mol. The summed E-state index contributed by atoms with van der Waals surface area (Å²) in [4.78, 5) is 20.4. The molecule has 2 N–H and O–H groups in total. The molecule has 0 spiro atoms. The van der Waals surface area contributed by atoms with E-state index >= 15 is 0 Å². The molecule has 0 aliphatic rings. The van der Waals surface area contributed by atoms with Crippen LogP contribution in [0, 0.1) is 0 Å². The molecule has 0 saturated heterocycles. The monoisotopic (exact) mass is 336 g/mol. The highest BCUT2D eigenvalue weighted by Gasteiger charge is 2.05. The van der Waals surface area contributed by atoms with Crippen molar-refractivity contribution in [3.63, 3.8) is 0 Å². The molecule has 25 heavy (non-hydrogen) atoms. The van der Waals surface area contributed by atoms with Gasteiger partial charge in [0.15, 0.2) is 0 Å². The van der Waals surface area contributed by atoms with Crippen molar-refractivity contribution in [3.8, 4) is 17.1 Å². The van der Waals surface area contributed by atoms with Gasteiger partial charge in [-0.25, -0.2) is 9.97 Å². The second-order valence-corrected chi connectivity index (χ2v) is 5.77. The fourth-order valence-electron chi connectivity index (χ4n) is 2.54. The van der Waals surface area contributed by atoms with Crippen molar-refractivity contribution in [2.45, 2.75) is 12.8 Å². The zero-order valence-electron chi connectivity index (χ0n) is 14.3. The van der Waals surface area contributed by atoms with E-state index in [1.54, 1.807) is 14.2 Å². The van der Waals surface area contributed by atoms with Crippen LogP contribution in [0.3, 0.4) is 0 Å². The lowest BCUT2D eigenvalue weighted by Crippen LogP contribution is -2.21. The van der Waals surface area contributed by atoms with Crippen LogP contribution in [0.4, 0.5) is 5.95 Å². The van der Waals surface area contributed by atoms with Crippen LogP contribution in [-0.2, 0) is 19.9 Å². The van der Waals surface area contributed by atoms with Crippen LogP contribution in [0.1, 0.15) is 11.3 Å². The summed E-state index contributed by atoms with van der Waals surface area (Å²) in [6, 6.07) is 15.4. The largest absolute Gasteiger partial charge is 0.481 e. The summed E-state index contributed by atoms with van der Waals surface area (Å²) in [6.45, 7) is 0. The van der Waals surface area contributed by atoms with Gasteiger partial charge >= 0.3 is 0 Å². The number of nitrogens with two attached hydrogens (primary N) is 1. The van der Waals surface area contributed by atoms with Crippen molar-refractivity contribution < 1.29 is 4.74 Å². The lowest BCUT2D eigenvalue weighted by Gasteiger charge is -2.07. The first-order valence-corrected chi connectivity index (χ1v) is 7.99. The van der Waals surface area contributed by atoms with E-state index in [9.17, 15) is 4.79 Å². The third kappa shape index (κ3) is 3.85. The third-order valence-corrected chi connectivity index (χ3v) is 4.07. The van der Waals surface area contributed by atoms with E-state index in [1.807, 2.05) is 30.3 Å². The van der Waals surface area contributed by atoms with E-state index in [0.717, 1.165) is 23.2 Å². The van der Waals surface area contributed by atoms with Crippen LogP contribution < -0.4 is 16.0 Å². The van der Waals surface area contributed by atoms with Crippen LogP contribution in [0.5, 0.6) is 5.88 Å². The Labute approximate surface area is 145 Å². The molecule has 0 amide bonds. The van der Waals surface area contributed by atoms with Crippen LogP contribution in [-0.4, -0.2) is 21.6 Å². The molecule has 0 aliphatic carbocycles. The number of nitrogens with zero attached hydrogens (tertiary/aromatic N) is 3. The average Bonchev–Trinajstić information content (AvgIpc) is 2.64. The summed E-state index contributed by atoms with van der Waals surface area (Å²) in [6.07, 6.45) is 1.45. The number of anilines is 1. The molecule has 1 aromatic carbocycles. The van der Waals surface area contributed by atoms with Gasteiger partial charge < -0.3 is 10.5 Å². The maximum atomic E-state index is 11.8. The van der Waals surface area contributed by atoms with Crippen LogP contribution in [0.2, 0.25) is 0 Å². The van der Waals surface area contributed by atoms with Crippen molar-refractivity contribution in [1.82, 2.24) is 14.5 Å². The number of nitrogen functional groups attached to an aromatic ring is 1. The predicted octanol–water partition coefficient (Wildman–Crippen LogP) is 2.22. The normalized spacial score (nSPS) is 10.6. The minimum Gasteiger partial charge on any atom is -0.481 e. The molecule has 128 valence electrons. The van der Waals surface area contributed by atoms with Gasteiger partial charge in [-0.15, -0.1) is 0 Å². The van der Waals surface area contributed by atoms with Gasteiger partial charge in [-0.2, -0.15) is 0 Å². The molecule has 3 rings (SSSR count). The van der Waals surface area contributed by atoms with E-state index in [2.05, 4.69) is 22.1 Å². The first-order valence-electron chi connectivity index (χ1n) is 7.99. The fraction of sp³-hybridized carbons (Fsp3) is 0.211. The molecule has 2 aromatic heterocycles. The Morgan fingerprint density at radius 3 is 2.52 bits per heavy atom. The fourth-order valence-corrected chi connectivity index (χ4v) is 2.54. The molecule has 0 fully saturated rings. The lowest BCUT2D eigenvalue weighted by molar-refractivity contribution is 0.398. The SMILES string of the molecule is COc1cccc(-c2ccc(CCc3cc(=O)n(C)c(N)n3)cc2)n1. The number of methoxy groups -OCH3 is 1. The number of rotatable bonds is 5. The van der Waals surface area contributed by atoms with Crippen LogP contribution in [0.15, 0.2) is 53.3 Å². The minimum absolute atomic E-state index is 0.137. The molecule has 0 aliphatic heterocycles. The molecule has 6 heteroatoms. The topological polar surface area (TPSA) is 83.0 Å². The Morgan fingerprint density at radius 2 is 1.84 bits per heavy atom. The molecular formula is C19H20N4O2. The van der Waals surface area contributed by atoms with Gasteiger partial charge in [-0.05, 0) is 24.5 Å². The Balaban J connectivity index is 1.71. The second kappa shape index (κ2) is 7.17. The summed E-state index contributed by atoms with van der Waals surface area (Å²) >= 11 is 0. The highest BCUT2D eigenvalue weighted by Crippen LogP contribution is 2.20. The van der Waals surface area contributed by atoms with E-state index in [1.165, 1.54) is 10.6 Å². The average molecular weight is 336 g/mol. The van der Waals surface area contributed by atoms with Crippen LogP contribution in [0.25, 0.3) is 11.3 Å². The number of ether oxygens (including phenoxy) is 1. The van der Waals surface area contributed by atoms with E-state index < -0.39 is 0 Å². The van der Waals surface area contributed by atoms with Gasteiger partial charge in [0.05, 0.1) is 18.5 Å². The van der Waals surface area contributed by atoms with Gasteiger partial charge in [-0.1, -0.05) is 30.3 Å². The van der Waals surface area contributed by atoms with Crippen molar-refractivity contribution in [3.05, 3.63) is 70.1 Å². The second-order valence-electron chi connectivity index (χ2n) is 5.77. The number of pyridine rings is 1. The number of hydrogen-bond donors (Lipinski definition) is 1. The molecule has 0 radical (unpaired) electrons. The Morgan fingerprint density at radius 1 is 1.08 bits per heavy atom. The van der Waals surface area contributed by atoms with Crippen LogP contribution >= 0.6 is 0 Å². The van der Waals surface area contributed by atoms with Crippen molar-refractivity contribution in [2.75, 3.05) is 12.8 Å². The van der Waals surface area contributed by atoms with E-state index in [-0.39, 0.29) is 11.5 Å². The summed E-state index contributed by atoms with van der Waals surface area (Å²) in [7, 11) is 3.21. The van der Waals surface area contributed by atoms with Gasteiger partial charge in [0.1, 0.15) is 0 Å². The quantitative estimate of drug-likeness (QED) is 0.772. The number of aromatic nitrogens is 3. The lowest BCUT2D eigenvalue weighted by atomic mass is 10.0. The summed E-state index contributed by atoms with van der Waals surface area (Å²) in [5, 5.41) is 0. The molecule has 0 bridgehead atoms. The first-order chi connectivity index (χ1) is 12.1. The Kier molecular flexibility index (Phi) is 4.79. The smallest absolute Gasteiger partial charge is 0.254 e. The van der Waals surface area contributed by atoms with Crippen molar-refractivity contribution >= 4 is 5.95 Å². The summed E-state index contributed by atoms with van der Waals surface area (Å²) in [5.74, 6) is 0.831. The van der Waals surface area contributed by atoms with E-state index in [0.29, 0.717) is 18.0 Å². The maximum absolute atomic E-state index is 11.8. The van der Waals surface area contributed by atoms with Gasteiger partial charge in [-0.3, -0.25) is 9.36 Å². The first kappa shape index (κ1) is 16.7. The zero-order valence-corrected chi connectivity index (χ0v) is 14.3. The van der Waals surface area contributed by atoms with Gasteiger partial charge in [0.25, 0.3) is 5.56 Å². The molecule has 0 unspecified atom stereocenters. The van der Waals surface area contributed by atoms with Gasteiger partial charge in [0.2, 0.25) is 11.8 Å². The van der Waals surface area contributed by atoms with Crippen molar-refractivity contribution in [1.29, 1.82) is 0 Å². The molecule has 2 heterocycles. The molecule has 6 nitrogen and oxygen atoms in total. The highest BCUT2D eigenvalue weighted by atomic mass is 16.5. The standard InChI is InChI=1S/C19H20N4O2/c1-23-18(24)12-15(21-19(23)20)11-8-13-6-9-14(10-7-13)16-4-3-5-17(22-16)25-2/h3-7,9-10,12H,8,11H2,1-2H3,(H2,20,21). The molecule has 0 atom stereocenters. The van der Waals surface area contributed by atoms with Crippen molar-refractivity contribution in [2.24, 2.45) is 7.05 Å². The Bertz CT molecular complexity index is 933. The van der Waals surface area contributed by atoms with E-state index in [4.69, 9.17) is 10.5 Å². The number of benzene rings is 1. The molecule has 3 aromatic rings. The van der Waals surface area contributed by atoms with Gasteiger partial charge in [0, 0.05) is 24.7 Å². The highest BCUT2D eigenvalue weighted by molar-refractivity contribution is 5.59. The summed E-state index contributed by atoms with van der Waals surface area (Å²) in [5.41, 5.74) is 9.36. The Hall–Kier alpha value is -3.15. The number of hydrogen-bond acceptors (Lipinski definition) is 5. The number of aryl methyl sites for hydroxylation is 2.